The third kappa shape index (κ3) is 5.89. The molecule has 0 saturated carbocycles. The third-order valence-corrected chi connectivity index (χ3v) is 4.52. The number of anilines is 1. The molecule has 2 heterocycles. The second kappa shape index (κ2) is 9.82. The highest BCUT2D eigenvalue weighted by Crippen LogP contribution is 2.09. The van der Waals surface area contributed by atoms with Gasteiger partial charge < -0.3 is 15.5 Å². The van der Waals surface area contributed by atoms with Crippen molar-refractivity contribution in [2.45, 2.75) is 6.54 Å². The fourth-order valence-corrected chi connectivity index (χ4v) is 2.97. The molecule has 0 unspecified atom stereocenters. The maximum Gasteiger partial charge on any atom is 0.225 e. The minimum atomic E-state index is -0.222. The highest BCUT2D eigenvalue weighted by atomic mass is 19.1. The van der Waals surface area contributed by atoms with Gasteiger partial charge in [0.2, 0.25) is 5.95 Å². The second-order valence-corrected chi connectivity index (χ2v) is 6.36. The molecule has 1 aliphatic heterocycles. The first-order chi connectivity index (χ1) is 13.2. The normalized spacial score (nSPS) is 15.6. The summed E-state index contributed by atoms with van der Waals surface area (Å²) in [5.74, 6) is 1.33. The van der Waals surface area contributed by atoms with Gasteiger partial charge in [0.15, 0.2) is 5.96 Å². The van der Waals surface area contributed by atoms with Crippen LogP contribution in [0.3, 0.4) is 0 Å². The summed E-state index contributed by atoms with van der Waals surface area (Å²) >= 11 is 0. The molecule has 7 nitrogen and oxygen atoms in total. The number of piperazine rings is 1. The SMILES string of the molecule is CN=C(NCCN1CCN(c2ncccn2)CC1)NCc1ccc(F)cc1. The van der Waals surface area contributed by atoms with Gasteiger partial charge in [-0.3, -0.25) is 9.89 Å². The van der Waals surface area contributed by atoms with Gasteiger partial charge in [-0.15, -0.1) is 0 Å². The zero-order chi connectivity index (χ0) is 18.9. The van der Waals surface area contributed by atoms with Crippen molar-refractivity contribution in [1.82, 2.24) is 25.5 Å². The maximum absolute atomic E-state index is 12.9. The Morgan fingerprint density at radius 2 is 1.78 bits per heavy atom. The third-order valence-electron chi connectivity index (χ3n) is 4.52. The number of guanidine groups is 1. The molecule has 3 rings (SSSR count). The minimum Gasteiger partial charge on any atom is -0.355 e. The molecule has 0 atom stereocenters. The van der Waals surface area contributed by atoms with Crippen LogP contribution in [0.1, 0.15) is 5.56 Å². The molecule has 1 aromatic heterocycles. The average molecular weight is 371 g/mol. The topological polar surface area (TPSA) is 68.7 Å². The molecule has 2 N–H and O–H groups in total. The highest BCUT2D eigenvalue weighted by molar-refractivity contribution is 5.79. The van der Waals surface area contributed by atoms with Gasteiger partial charge in [-0.1, -0.05) is 12.1 Å². The Kier molecular flexibility index (Phi) is 6.92. The standard InChI is InChI=1S/C19H26FN7/c1-21-18(25-15-16-3-5-17(20)6-4-16)22-9-10-26-11-13-27(14-12-26)19-23-7-2-8-24-19/h2-8H,9-15H2,1H3,(H2,21,22,25). The van der Waals surface area contributed by atoms with Crippen LogP contribution < -0.4 is 15.5 Å². The van der Waals surface area contributed by atoms with E-state index in [-0.39, 0.29) is 5.82 Å². The molecule has 144 valence electrons. The van der Waals surface area contributed by atoms with Crippen LogP contribution in [0.25, 0.3) is 0 Å². The molecule has 2 aromatic rings. The zero-order valence-corrected chi connectivity index (χ0v) is 15.6. The van der Waals surface area contributed by atoms with Crippen molar-refractivity contribution >= 4 is 11.9 Å². The van der Waals surface area contributed by atoms with Crippen LogP contribution >= 0.6 is 0 Å². The maximum atomic E-state index is 12.9. The minimum absolute atomic E-state index is 0.222. The van der Waals surface area contributed by atoms with Gasteiger partial charge in [0.05, 0.1) is 0 Å². The number of aliphatic imine (C=N–C) groups is 1. The van der Waals surface area contributed by atoms with E-state index in [2.05, 4.69) is 35.4 Å². The largest absolute Gasteiger partial charge is 0.355 e. The van der Waals surface area contributed by atoms with Crippen LogP contribution in [0, 0.1) is 5.82 Å². The number of hydrogen-bond acceptors (Lipinski definition) is 5. The molecular formula is C19H26FN7. The van der Waals surface area contributed by atoms with Crippen molar-refractivity contribution in [2.75, 3.05) is 51.2 Å². The van der Waals surface area contributed by atoms with E-state index < -0.39 is 0 Å². The van der Waals surface area contributed by atoms with Crippen LogP contribution in [0.5, 0.6) is 0 Å². The summed E-state index contributed by atoms with van der Waals surface area (Å²) in [6, 6.07) is 8.31. The fraction of sp³-hybridized carbons (Fsp3) is 0.421. The van der Waals surface area contributed by atoms with Gasteiger partial charge in [0.25, 0.3) is 0 Å². The number of hydrogen-bond donors (Lipinski definition) is 2. The summed E-state index contributed by atoms with van der Waals surface area (Å²) in [4.78, 5) is 17.5. The number of nitrogens with zero attached hydrogens (tertiary/aromatic N) is 5. The molecule has 1 fully saturated rings. The summed E-state index contributed by atoms with van der Waals surface area (Å²) in [5.41, 5.74) is 1.01. The summed E-state index contributed by atoms with van der Waals surface area (Å²) in [6.07, 6.45) is 3.56. The van der Waals surface area contributed by atoms with Crippen LogP contribution in [0.2, 0.25) is 0 Å². The van der Waals surface area contributed by atoms with Gasteiger partial charge in [-0.25, -0.2) is 14.4 Å². The second-order valence-electron chi connectivity index (χ2n) is 6.36. The lowest BCUT2D eigenvalue weighted by Gasteiger charge is -2.34. The van der Waals surface area contributed by atoms with Crippen LogP contribution in [0.4, 0.5) is 10.3 Å². The van der Waals surface area contributed by atoms with E-state index in [1.165, 1.54) is 12.1 Å². The van der Waals surface area contributed by atoms with Crippen molar-refractivity contribution in [3.8, 4) is 0 Å². The summed E-state index contributed by atoms with van der Waals surface area (Å²) in [5, 5.41) is 6.57. The van der Waals surface area contributed by atoms with Crippen molar-refractivity contribution in [3.63, 3.8) is 0 Å². The van der Waals surface area contributed by atoms with E-state index >= 15 is 0 Å². The molecule has 8 heteroatoms. The fourth-order valence-electron chi connectivity index (χ4n) is 2.97. The molecule has 0 amide bonds. The number of nitrogens with one attached hydrogen (secondary N) is 2. The smallest absolute Gasteiger partial charge is 0.225 e. The molecule has 1 aromatic carbocycles. The number of halogens is 1. The lowest BCUT2D eigenvalue weighted by molar-refractivity contribution is 0.260. The lowest BCUT2D eigenvalue weighted by Crippen LogP contribution is -2.49. The Labute approximate surface area is 159 Å². The van der Waals surface area contributed by atoms with Crippen molar-refractivity contribution in [2.24, 2.45) is 4.99 Å². The van der Waals surface area contributed by atoms with Crippen molar-refractivity contribution in [1.29, 1.82) is 0 Å². The Bertz CT molecular complexity index is 713. The monoisotopic (exact) mass is 371 g/mol. The van der Waals surface area contributed by atoms with Crippen LogP contribution in [-0.4, -0.2) is 67.1 Å². The molecule has 1 saturated heterocycles. The van der Waals surface area contributed by atoms with E-state index in [9.17, 15) is 4.39 Å². The number of aromatic nitrogens is 2. The highest BCUT2D eigenvalue weighted by Gasteiger charge is 2.18. The summed E-state index contributed by atoms with van der Waals surface area (Å²) < 4.78 is 12.9. The average Bonchev–Trinajstić information content (AvgIpc) is 2.73. The predicted molar refractivity (Wildman–Crippen MR) is 105 cm³/mol. The Hall–Kier alpha value is -2.74. The van der Waals surface area contributed by atoms with E-state index in [1.807, 2.05) is 6.07 Å². The van der Waals surface area contributed by atoms with E-state index in [0.29, 0.717) is 6.54 Å². The molecule has 0 aliphatic carbocycles. The Balaban J connectivity index is 1.34. The Morgan fingerprint density at radius 1 is 1.07 bits per heavy atom. The Morgan fingerprint density at radius 3 is 2.44 bits per heavy atom. The van der Waals surface area contributed by atoms with Crippen LogP contribution in [-0.2, 0) is 6.54 Å². The quantitative estimate of drug-likeness (QED) is 0.586. The first-order valence-corrected chi connectivity index (χ1v) is 9.18. The first kappa shape index (κ1) is 19.0. The van der Waals surface area contributed by atoms with Crippen molar-refractivity contribution < 1.29 is 4.39 Å². The molecule has 1 aliphatic rings. The van der Waals surface area contributed by atoms with Gasteiger partial charge in [-0.2, -0.15) is 0 Å². The van der Waals surface area contributed by atoms with Gasteiger partial charge in [0, 0.05) is 65.3 Å². The number of rotatable bonds is 6. The summed E-state index contributed by atoms with van der Waals surface area (Å²) in [6.45, 7) is 6.20. The molecule has 0 bridgehead atoms. The van der Waals surface area contributed by atoms with E-state index in [0.717, 1.165) is 56.7 Å². The predicted octanol–water partition coefficient (Wildman–Crippen LogP) is 1.10. The lowest BCUT2D eigenvalue weighted by atomic mass is 10.2. The van der Waals surface area contributed by atoms with Crippen LogP contribution in [0.15, 0.2) is 47.7 Å². The van der Waals surface area contributed by atoms with Crippen molar-refractivity contribution in [3.05, 3.63) is 54.1 Å². The van der Waals surface area contributed by atoms with Gasteiger partial charge in [0.1, 0.15) is 5.82 Å². The zero-order valence-electron chi connectivity index (χ0n) is 15.6. The molecular weight excluding hydrogens is 345 g/mol. The number of benzene rings is 1. The summed E-state index contributed by atoms with van der Waals surface area (Å²) in [7, 11) is 1.75. The molecule has 0 spiro atoms. The van der Waals surface area contributed by atoms with E-state index in [1.54, 1.807) is 31.6 Å². The first-order valence-electron chi connectivity index (χ1n) is 9.18. The molecule has 27 heavy (non-hydrogen) atoms. The molecule has 0 radical (unpaired) electrons. The van der Waals surface area contributed by atoms with Gasteiger partial charge >= 0.3 is 0 Å². The van der Waals surface area contributed by atoms with Gasteiger partial charge in [-0.05, 0) is 23.8 Å². The van der Waals surface area contributed by atoms with E-state index in [4.69, 9.17) is 0 Å².